The molecule has 7 heteroatoms. The van der Waals surface area contributed by atoms with E-state index in [9.17, 15) is 5.11 Å². The zero-order chi connectivity index (χ0) is 11.4. The molecule has 4 N–H and O–H groups in total. The van der Waals surface area contributed by atoms with Gasteiger partial charge < -0.3 is 16.2 Å². The van der Waals surface area contributed by atoms with Crippen LogP contribution >= 0.6 is 11.6 Å². The molecule has 1 aromatic rings. The number of aliphatic hydroxyl groups excluding tert-OH is 1. The number of hydrogen-bond acceptors (Lipinski definition) is 6. The zero-order valence-electron chi connectivity index (χ0n) is 8.61. The van der Waals surface area contributed by atoms with Gasteiger partial charge in [0.15, 0.2) is 0 Å². The number of halogens is 1. The van der Waals surface area contributed by atoms with Crippen molar-refractivity contribution in [2.45, 2.75) is 20.0 Å². The van der Waals surface area contributed by atoms with Crippen molar-refractivity contribution in [1.29, 1.82) is 0 Å². The smallest absolute Gasteiger partial charge is 0.228 e. The lowest BCUT2D eigenvalue weighted by Crippen LogP contribution is -2.25. The highest BCUT2D eigenvalue weighted by Crippen LogP contribution is 2.08. The topological polar surface area (TPSA) is 97.0 Å². The third kappa shape index (κ3) is 3.85. The monoisotopic (exact) mass is 231 g/mol. The van der Waals surface area contributed by atoms with E-state index in [1.165, 1.54) is 0 Å². The maximum absolute atomic E-state index is 9.53. The molecule has 6 nitrogen and oxygen atoms in total. The summed E-state index contributed by atoms with van der Waals surface area (Å²) in [6.07, 6.45) is -0.471. The van der Waals surface area contributed by atoms with Crippen molar-refractivity contribution in [2.24, 2.45) is 5.92 Å². The van der Waals surface area contributed by atoms with Gasteiger partial charge in [-0.2, -0.15) is 15.0 Å². The highest BCUT2D eigenvalue weighted by atomic mass is 35.5. The SMILES string of the molecule is CC(C)C(O)CNc1nc(N)nc(Cl)n1. The van der Waals surface area contributed by atoms with Crippen LogP contribution < -0.4 is 11.1 Å². The number of anilines is 2. The molecule has 1 heterocycles. The summed E-state index contributed by atoms with van der Waals surface area (Å²) in [6.45, 7) is 4.18. The van der Waals surface area contributed by atoms with Gasteiger partial charge in [0.2, 0.25) is 17.2 Å². The molecule has 84 valence electrons. The van der Waals surface area contributed by atoms with Crippen LogP contribution in [0.5, 0.6) is 0 Å². The van der Waals surface area contributed by atoms with Crippen molar-refractivity contribution in [3.8, 4) is 0 Å². The van der Waals surface area contributed by atoms with E-state index in [4.69, 9.17) is 17.3 Å². The van der Waals surface area contributed by atoms with Crippen LogP contribution in [-0.2, 0) is 0 Å². The minimum atomic E-state index is -0.471. The van der Waals surface area contributed by atoms with Crippen molar-refractivity contribution in [3.05, 3.63) is 5.28 Å². The fourth-order valence-corrected chi connectivity index (χ4v) is 1.04. The molecular weight excluding hydrogens is 218 g/mol. The van der Waals surface area contributed by atoms with Crippen molar-refractivity contribution >= 4 is 23.5 Å². The molecule has 15 heavy (non-hydrogen) atoms. The molecule has 1 unspecified atom stereocenters. The Kier molecular flexibility index (Phi) is 4.05. The number of nitrogens with zero attached hydrogens (tertiary/aromatic N) is 3. The summed E-state index contributed by atoms with van der Waals surface area (Å²) in [7, 11) is 0. The molecule has 0 saturated carbocycles. The van der Waals surface area contributed by atoms with E-state index < -0.39 is 6.10 Å². The second-order valence-corrected chi connectivity index (χ2v) is 3.82. The van der Waals surface area contributed by atoms with Crippen molar-refractivity contribution in [1.82, 2.24) is 15.0 Å². The van der Waals surface area contributed by atoms with Crippen LogP contribution in [0.4, 0.5) is 11.9 Å². The first-order chi connectivity index (χ1) is 6.99. The lowest BCUT2D eigenvalue weighted by molar-refractivity contribution is 0.137. The Balaban J connectivity index is 2.57. The van der Waals surface area contributed by atoms with Crippen LogP contribution in [-0.4, -0.2) is 32.7 Å². The molecule has 0 saturated heterocycles. The number of nitrogens with two attached hydrogens (primary N) is 1. The van der Waals surface area contributed by atoms with Gasteiger partial charge in [-0.3, -0.25) is 0 Å². The summed E-state index contributed by atoms with van der Waals surface area (Å²) in [5.41, 5.74) is 5.38. The number of nitrogen functional groups attached to an aromatic ring is 1. The lowest BCUT2D eigenvalue weighted by Gasteiger charge is -2.14. The molecule has 0 aromatic carbocycles. The Hall–Kier alpha value is -1.14. The van der Waals surface area contributed by atoms with Crippen LogP contribution in [0, 0.1) is 5.92 Å². The first kappa shape index (κ1) is 11.9. The van der Waals surface area contributed by atoms with Crippen LogP contribution in [0.1, 0.15) is 13.8 Å². The summed E-state index contributed by atoms with van der Waals surface area (Å²) < 4.78 is 0. The van der Waals surface area contributed by atoms with E-state index in [1.54, 1.807) is 0 Å². The van der Waals surface area contributed by atoms with E-state index in [0.29, 0.717) is 6.54 Å². The molecule has 0 spiro atoms. The van der Waals surface area contributed by atoms with Gasteiger partial charge in [-0.25, -0.2) is 0 Å². The molecule has 0 fully saturated rings. The number of aliphatic hydroxyl groups is 1. The van der Waals surface area contributed by atoms with Crippen LogP contribution in [0.25, 0.3) is 0 Å². The minimum absolute atomic E-state index is 0.0315. The minimum Gasteiger partial charge on any atom is -0.391 e. The van der Waals surface area contributed by atoms with Gasteiger partial charge in [0, 0.05) is 6.54 Å². The molecular formula is C8H14ClN5O. The van der Waals surface area contributed by atoms with Gasteiger partial charge in [0.1, 0.15) is 0 Å². The molecule has 0 aliphatic carbocycles. The van der Waals surface area contributed by atoms with Gasteiger partial charge >= 0.3 is 0 Å². The average Bonchev–Trinajstić information content (AvgIpc) is 2.12. The number of aromatic nitrogens is 3. The van der Waals surface area contributed by atoms with Gasteiger partial charge in [0.05, 0.1) is 6.10 Å². The Morgan fingerprint density at radius 1 is 1.40 bits per heavy atom. The molecule has 1 aromatic heterocycles. The maximum Gasteiger partial charge on any atom is 0.228 e. The third-order valence-corrected chi connectivity index (χ3v) is 2.03. The second kappa shape index (κ2) is 5.09. The summed E-state index contributed by atoms with van der Waals surface area (Å²) in [6, 6.07) is 0. The average molecular weight is 232 g/mol. The summed E-state index contributed by atoms with van der Waals surface area (Å²) in [5.74, 6) is 0.482. The van der Waals surface area contributed by atoms with Crippen molar-refractivity contribution in [2.75, 3.05) is 17.6 Å². The summed E-state index contributed by atoms with van der Waals surface area (Å²) in [5, 5.41) is 12.4. The summed E-state index contributed by atoms with van der Waals surface area (Å²) >= 11 is 5.58. The molecule has 0 radical (unpaired) electrons. The lowest BCUT2D eigenvalue weighted by atomic mass is 10.1. The van der Waals surface area contributed by atoms with E-state index in [2.05, 4.69) is 20.3 Å². The van der Waals surface area contributed by atoms with Crippen molar-refractivity contribution in [3.63, 3.8) is 0 Å². The highest BCUT2D eigenvalue weighted by molar-refractivity contribution is 6.28. The number of rotatable bonds is 4. The molecule has 0 aliphatic rings. The van der Waals surface area contributed by atoms with Gasteiger partial charge in [-0.15, -0.1) is 0 Å². The molecule has 1 atom stereocenters. The van der Waals surface area contributed by atoms with Crippen LogP contribution in [0.3, 0.4) is 0 Å². The fourth-order valence-electron chi connectivity index (χ4n) is 0.876. The van der Waals surface area contributed by atoms with Crippen LogP contribution in [0.2, 0.25) is 5.28 Å². The predicted octanol–water partition coefficient (Wildman–Crippen LogP) is 0.536. The molecule has 0 amide bonds. The van der Waals surface area contributed by atoms with E-state index in [-0.39, 0.29) is 23.1 Å². The standard InChI is InChI=1S/C8H14ClN5O/c1-4(2)5(15)3-11-8-13-6(9)12-7(10)14-8/h4-5,15H,3H2,1-2H3,(H3,10,11,12,13,14). The van der Waals surface area contributed by atoms with Crippen molar-refractivity contribution < 1.29 is 5.11 Å². The Morgan fingerprint density at radius 3 is 2.60 bits per heavy atom. The number of nitrogens with one attached hydrogen (secondary N) is 1. The van der Waals surface area contributed by atoms with Gasteiger partial charge in [-0.1, -0.05) is 13.8 Å². The first-order valence-electron chi connectivity index (χ1n) is 4.58. The Labute approximate surface area is 92.9 Å². The normalized spacial score (nSPS) is 12.9. The van der Waals surface area contributed by atoms with E-state index >= 15 is 0 Å². The molecule has 0 aliphatic heterocycles. The predicted molar refractivity (Wildman–Crippen MR) is 58.6 cm³/mol. The summed E-state index contributed by atoms with van der Waals surface area (Å²) in [4.78, 5) is 11.2. The molecule has 0 bridgehead atoms. The van der Waals surface area contributed by atoms with E-state index in [1.807, 2.05) is 13.8 Å². The maximum atomic E-state index is 9.53. The fraction of sp³-hybridized carbons (Fsp3) is 0.625. The first-order valence-corrected chi connectivity index (χ1v) is 4.96. The highest BCUT2D eigenvalue weighted by Gasteiger charge is 2.10. The van der Waals surface area contributed by atoms with Crippen LogP contribution in [0.15, 0.2) is 0 Å². The largest absolute Gasteiger partial charge is 0.391 e. The Bertz CT molecular complexity index is 313. The Morgan fingerprint density at radius 2 is 2.07 bits per heavy atom. The number of hydrogen-bond donors (Lipinski definition) is 3. The van der Waals surface area contributed by atoms with Gasteiger partial charge in [0.25, 0.3) is 0 Å². The zero-order valence-corrected chi connectivity index (χ0v) is 9.36. The van der Waals surface area contributed by atoms with Gasteiger partial charge in [-0.05, 0) is 17.5 Å². The molecule has 1 rings (SSSR count). The van der Waals surface area contributed by atoms with E-state index in [0.717, 1.165) is 0 Å². The third-order valence-electron chi connectivity index (χ3n) is 1.86. The quantitative estimate of drug-likeness (QED) is 0.700. The second-order valence-electron chi connectivity index (χ2n) is 3.48.